The smallest absolute Gasteiger partial charge is 0.240 e. The predicted octanol–water partition coefficient (Wildman–Crippen LogP) is 4.02. The summed E-state index contributed by atoms with van der Waals surface area (Å²) in [4.78, 5) is 27.9. The number of carbonyl (C=O) groups excluding carboxylic acids is 2. The summed E-state index contributed by atoms with van der Waals surface area (Å²) in [5, 5.41) is 12.5. The number of aromatic nitrogens is 1. The normalized spacial score (nSPS) is 20.3. The van der Waals surface area contributed by atoms with Crippen molar-refractivity contribution in [3.8, 4) is 0 Å². The number of Topliss-reactive ketones (excluding diaryl/α,β-unsaturated/α-hetero) is 1. The fraction of sp³-hybridized carbons (Fsp3) is 0.480. The molecule has 1 aromatic carbocycles. The summed E-state index contributed by atoms with van der Waals surface area (Å²) >= 11 is 1.63. The van der Waals surface area contributed by atoms with E-state index in [9.17, 15) is 9.59 Å². The molecule has 33 heavy (non-hydrogen) atoms. The van der Waals surface area contributed by atoms with Crippen LogP contribution < -0.4 is 5.32 Å². The molecule has 3 atom stereocenters. The number of aliphatic hydroxyl groups excluding tert-OH is 1. The number of unbranched alkanes of at least 4 members (excludes halogenated alkanes) is 3. The van der Waals surface area contributed by atoms with E-state index in [0.29, 0.717) is 25.0 Å². The maximum absolute atomic E-state index is 12.5. The number of pyridine rings is 1. The van der Waals surface area contributed by atoms with Gasteiger partial charge < -0.3 is 19.9 Å². The number of thioether (sulfide) groups is 1. The number of nitrogens with zero attached hydrogens (tertiary/aromatic N) is 1. The first-order valence-corrected chi connectivity index (χ1v) is 12.4. The van der Waals surface area contributed by atoms with Crippen molar-refractivity contribution in [3.05, 3.63) is 60.3 Å². The molecule has 1 saturated heterocycles. The van der Waals surface area contributed by atoms with Crippen LogP contribution in [0.5, 0.6) is 0 Å². The van der Waals surface area contributed by atoms with Crippen LogP contribution in [0.25, 0.3) is 0 Å². The van der Waals surface area contributed by atoms with Gasteiger partial charge in [0.15, 0.2) is 5.78 Å². The Morgan fingerprint density at radius 3 is 2.48 bits per heavy atom. The number of hydrogen-bond acceptors (Lipinski definition) is 7. The summed E-state index contributed by atoms with van der Waals surface area (Å²) < 4.78 is 12.1. The molecule has 0 bridgehead atoms. The van der Waals surface area contributed by atoms with Crippen LogP contribution in [0, 0.1) is 0 Å². The molecule has 2 N–H and O–H groups in total. The van der Waals surface area contributed by atoms with Gasteiger partial charge in [-0.25, -0.2) is 4.98 Å². The summed E-state index contributed by atoms with van der Waals surface area (Å²) in [5.74, 6) is 0.460. The average Bonchev–Trinajstić information content (AvgIpc) is 2.85. The van der Waals surface area contributed by atoms with Crippen LogP contribution in [0.2, 0.25) is 0 Å². The minimum atomic E-state index is -0.798. The first-order chi connectivity index (χ1) is 16.1. The Labute approximate surface area is 199 Å². The van der Waals surface area contributed by atoms with Gasteiger partial charge in [-0.15, -0.1) is 11.8 Å². The van der Waals surface area contributed by atoms with Crippen molar-refractivity contribution < 1.29 is 24.2 Å². The highest BCUT2D eigenvalue weighted by Gasteiger charge is 2.32. The molecule has 3 rings (SSSR count). The standard InChI is InChI=1S/C25H32N2O5S/c28-17-20(29)12-6-1-2-7-13-23(30)27-25-31-21(18-33-24-14-8-9-15-26-24)16-22(32-25)19-10-4-3-5-11-19/h3-5,8-11,14-15,21-22,25,28H,1-2,6-7,12-13,16-18H2,(H,27,30). The minimum Gasteiger partial charge on any atom is -0.389 e. The number of nitrogens with one attached hydrogen (secondary N) is 1. The maximum atomic E-state index is 12.5. The van der Waals surface area contributed by atoms with Gasteiger partial charge >= 0.3 is 0 Å². The summed E-state index contributed by atoms with van der Waals surface area (Å²) in [6, 6.07) is 15.8. The van der Waals surface area contributed by atoms with E-state index in [-0.39, 0.29) is 23.9 Å². The van der Waals surface area contributed by atoms with Gasteiger partial charge in [0.25, 0.3) is 0 Å². The second kappa shape index (κ2) is 14.1. The van der Waals surface area contributed by atoms with Crippen LogP contribution in [0.3, 0.4) is 0 Å². The lowest BCUT2D eigenvalue weighted by Crippen LogP contribution is -2.46. The van der Waals surface area contributed by atoms with E-state index < -0.39 is 13.0 Å². The fourth-order valence-electron chi connectivity index (χ4n) is 3.62. The van der Waals surface area contributed by atoms with Crippen molar-refractivity contribution in [2.45, 2.75) is 68.6 Å². The maximum Gasteiger partial charge on any atom is 0.240 e. The highest BCUT2D eigenvalue weighted by molar-refractivity contribution is 7.99. The molecular formula is C25H32N2O5S. The molecule has 8 heteroatoms. The molecule has 1 aliphatic heterocycles. The van der Waals surface area contributed by atoms with Crippen molar-refractivity contribution in [2.24, 2.45) is 0 Å². The van der Waals surface area contributed by atoms with Crippen LogP contribution in [0.1, 0.15) is 56.6 Å². The number of ether oxygens (including phenoxy) is 2. The van der Waals surface area contributed by atoms with Crippen molar-refractivity contribution in [2.75, 3.05) is 12.4 Å². The SMILES string of the molecule is O=C(CO)CCCCCCC(=O)NC1OC(CSc2ccccn2)CC(c2ccccc2)O1. The van der Waals surface area contributed by atoms with Crippen molar-refractivity contribution >= 4 is 23.5 Å². The molecule has 178 valence electrons. The number of hydrogen-bond donors (Lipinski definition) is 2. The second-order valence-electron chi connectivity index (χ2n) is 8.02. The van der Waals surface area contributed by atoms with E-state index in [1.807, 2.05) is 48.5 Å². The molecule has 1 amide bonds. The Balaban J connectivity index is 1.47. The molecule has 0 radical (unpaired) electrons. The largest absolute Gasteiger partial charge is 0.389 e. The first-order valence-electron chi connectivity index (χ1n) is 11.5. The Bertz CT molecular complexity index is 852. The van der Waals surface area contributed by atoms with Crippen molar-refractivity contribution in [1.29, 1.82) is 0 Å². The number of aliphatic hydroxyl groups is 1. The number of carbonyl (C=O) groups is 2. The Morgan fingerprint density at radius 1 is 1.00 bits per heavy atom. The molecular weight excluding hydrogens is 440 g/mol. The minimum absolute atomic E-state index is 0.0923. The van der Waals surface area contributed by atoms with Crippen LogP contribution >= 0.6 is 11.8 Å². The predicted molar refractivity (Wildman–Crippen MR) is 126 cm³/mol. The Morgan fingerprint density at radius 2 is 1.76 bits per heavy atom. The number of rotatable bonds is 13. The molecule has 1 aromatic heterocycles. The Kier molecular flexibility index (Phi) is 10.8. The number of ketones is 1. The van der Waals surface area contributed by atoms with Crippen LogP contribution in [0.4, 0.5) is 0 Å². The van der Waals surface area contributed by atoms with Gasteiger partial charge in [-0.2, -0.15) is 0 Å². The van der Waals surface area contributed by atoms with Gasteiger partial charge in [0, 0.05) is 31.2 Å². The van der Waals surface area contributed by atoms with Gasteiger partial charge in [0.1, 0.15) is 6.61 Å². The molecule has 3 unspecified atom stereocenters. The summed E-state index contributed by atoms with van der Waals surface area (Å²) in [6.45, 7) is -0.394. The lowest BCUT2D eigenvalue weighted by Gasteiger charge is -2.36. The van der Waals surface area contributed by atoms with Crippen molar-refractivity contribution in [1.82, 2.24) is 10.3 Å². The molecule has 2 aromatic rings. The second-order valence-corrected chi connectivity index (χ2v) is 9.06. The lowest BCUT2D eigenvalue weighted by atomic mass is 10.0. The number of amides is 1. The summed E-state index contributed by atoms with van der Waals surface area (Å²) in [5.41, 5.74) is 1.06. The molecule has 0 spiro atoms. The third-order valence-corrected chi connectivity index (χ3v) is 6.45. The van der Waals surface area contributed by atoms with E-state index in [4.69, 9.17) is 14.6 Å². The van der Waals surface area contributed by atoms with Gasteiger partial charge in [-0.1, -0.05) is 49.2 Å². The van der Waals surface area contributed by atoms with E-state index in [0.717, 1.165) is 36.3 Å². The zero-order valence-electron chi connectivity index (χ0n) is 18.7. The van der Waals surface area contributed by atoms with Gasteiger partial charge in [-0.05, 0) is 30.5 Å². The topological polar surface area (TPSA) is 97.8 Å². The van der Waals surface area contributed by atoms with Crippen LogP contribution in [0.15, 0.2) is 59.8 Å². The molecule has 0 aliphatic carbocycles. The highest BCUT2D eigenvalue weighted by atomic mass is 32.2. The molecule has 7 nitrogen and oxygen atoms in total. The van der Waals surface area contributed by atoms with E-state index in [2.05, 4.69) is 10.3 Å². The monoisotopic (exact) mass is 472 g/mol. The third kappa shape index (κ3) is 9.25. The van der Waals surface area contributed by atoms with E-state index in [1.54, 1.807) is 18.0 Å². The summed E-state index contributed by atoms with van der Waals surface area (Å²) in [6.07, 6.45) is 5.37. The van der Waals surface area contributed by atoms with Gasteiger partial charge in [0.2, 0.25) is 12.3 Å². The fourth-order valence-corrected chi connectivity index (χ4v) is 4.50. The lowest BCUT2D eigenvalue weighted by molar-refractivity contribution is -0.251. The van der Waals surface area contributed by atoms with E-state index >= 15 is 0 Å². The zero-order valence-corrected chi connectivity index (χ0v) is 19.5. The molecule has 1 aliphatic rings. The Hall–Kier alpha value is -2.26. The molecule has 0 saturated carbocycles. The highest BCUT2D eigenvalue weighted by Crippen LogP contribution is 2.32. The quantitative estimate of drug-likeness (QED) is 0.336. The number of benzene rings is 1. The first kappa shape index (κ1) is 25.4. The van der Waals surface area contributed by atoms with Gasteiger partial charge in [-0.3, -0.25) is 9.59 Å². The summed E-state index contributed by atoms with van der Waals surface area (Å²) in [7, 11) is 0. The zero-order chi connectivity index (χ0) is 23.3. The van der Waals surface area contributed by atoms with Crippen LogP contribution in [-0.4, -0.2) is 46.7 Å². The molecule has 2 heterocycles. The van der Waals surface area contributed by atoms with Gasteiger partial charge in [0.05, 0.1) is 17.2 Å². The third-order valence-electron chi connectivity index (χ3n) is 5.37. The average molecular weight is 473 g/mol. The molecule has 1 fully saturated rings. The van der Waals surface area contributed by atoms with Crippen molar-refractivity contribution in [3.63, 3.8) is 0 Å². The van der Waals surface area contributed by atoms with E-state index in [1.165, 1.54) is 0 Å². The van der Waals surface area contributed by atoms with Crippen LogP contribution in [-0.2, 0) is 19.1 Å².